The van der Waals surface area contributed by atoms with Gasteiger partial charge in [0.05, 0.1) is 12.9 Å². The minimum atomic E-state index is -2.99. The molecule has 166 valence electrons. The summed E-state index contributed by atoms with van der Waals surface area (Å²) < 4.78 is 58.2. The Bertz CT molecular complexity index is 1100. The summed E-state index contributed by atoms with van der Waals surface area (Å²) in [5.74, 6) is 0.468. The van der Waals surface area contributed by atoms with Crippen LogP contribution < -0.4 is 9.84 Å². The maximum Gasteiger partial charge on any atom is 0.367 e. The van der Waals surface area contributed by atoms with Crippen molar-refractivity contribution in [1.29, 1.82) is 0 Å². The second kappa shape index (κ2) is 8.46. The SMILES string of the molecule is CNc1nc(F)nc2c1ncn2[C@@H]1O[C@](C)(CO[PH](=O)Oc2ccccc2)[C@@H](O)[C@H]1F. The predicted molar refractivity (Wildman–Crippen MR) is 106 cm³/mol. The molecule has 1 aliphatic rings. The maximum atomic E-state index is 15.0. The first kappa shape index (κ1) is 21.6. The summed E-state index contributed by atoms with van der Waals surface area (Å²) in [4.78, 5) is 11.4. The Balaban J connectivity index is 1.52. The average molecular weight is 455 g/mol. The number of hydrogen-bond acceptors (Lipinski definition) is 9. The molecule has 1 saturated heterocycles. The van der Waals surface area contributed by atoms with E-state index in [9.17, 15) is 18.5 Å². The molecule has 2 aromatic heterocycles. The normalized spacial score (nSPS) is 26.8. The number of para-hydroxylation sites is 1. The lowest BCUT2D eigenvalue weighted by Crippen LogP contribution is -2.42. The van der Waals surface area contributed by atoms with Crippen LogP contribution >= 0.6 is 8.25 Å². The number of aromatic nitrogens is 4. The Morgan fingerprint density at radius 3 is 2.81 bits per heavy atom. The van der Waals surface area contributed by atoms with Crippen LogP contribution in [0.2, 0.25) is 0 Å². The summed E-state index contributed by atoms with van der Waals surface area (Å²) in [6.45, 7) is 1.00. The first-order chi connectivity index (χ1) is 14.8. The minimum absolute atomic E-state index is 0.0112. The summed E-state index contributed by atoms with van der Waals surface area (Å²) in [6, 6.07) is 8.39. The van der Waals surface area contributed by atoms with Crippen molar-refractivity contribution < 1.29 is 32.2 Å². The van der Waals surface area contributed by atoms with Crippen molar-refractivity contribution in [2.75, 3.05) is 19.0 Å². The number of halogens is 2. The van der Waals surface area contributed by atoms with E-state index in [1.54, 1.807) is 30.3 Å². The van der Waals surface area contributed by atoms with E-state index in [2.05, 4.69) is 20.3 Å². The Morgan fingerprint density at radius 2 is 2.10 bits per heavy atom. The van der Waals surface area contributed by atoms with Gasteiger partial charge in [-0.25, -0.2) is 13.9 Å². The fourth-order valence-corrected chi connectivity index (χ4v) is 4.09. The van der Waals surface area contributed by atoms with Gasteiger partial charge in [-0.15, -0.1) is 0 Å². The molecule has 31 heavy (non-hydrogen) atoms. The number of aliphatic hydroxyl groups excluding tert-OH is 1. The molecular weight excluding hydrogens is 435 g/mol. The molecule has 1 unspecified atom stereocenters. The van der Waals surface area contributed by atoms with Gasteiger partial charge in [-0.3, -0.25) is 9.09 Å². The number of fused-ring (bicyclic) bond motifs is 1. The third kappa shape index (κ3) is 4.11. The van der Waals surface area contributed by atoms with Crippen LogP contribution in [0.25, 0.3) is 11.2 Å². The number of ether oxygens (including phenoxy) is 1. The third-order valence-electron chi connectivity index (χ3n) is 4.92. The Labute approximate surface area is 176 Å². The number of hydrogen-bond donors (Lipinski definition) is 2. The molecule has 0 spiro atoms. The summed E-state index contributed by atoms with van der Waals surface area (Å²) in [5.41, 5.74) is -1.36. The van der Waals surface area contributed by atoms with Gasteiger partial charge in [-0.2, -0.15) is 14.4 Å². The summed E-state index contributed by atoms with van der Waals surface area (Å²) in [6.07, 6.45) is -4.73. The molecule has 0 saturated carbocycles. The lowest BCUT2D eigenvalue weighted by atomic mass is 9.99. The summed E-state index contributed by atoms with van der Waals surface area (Å²) in [5, 5.41) is 13.1. The number of anilines is 1. The number of alkyl halides is 1. The second-order valence-electron chi connectivity index (χ2n) is 7.08. The summed E-state index contributed by atoms with van der Waals surface area (Å²) >= 11 is 0. The number of nitrogens with one attached hydrogen (secondary N) is 1. The van der Waals surface area contributed by atoms with Crippen LogP contribution in [0.1, 0.15) is 13.2 Å². The Kier molecular flexibility index (Phi) is 5.89. The van der Waals surface area contributed by atoms with Gasteiger partial charge in [0, 0.05) is 7.05 Å². The molecule has 10 nitrogen and oxygen atoms in total. The van der Waals surface area contributed by atoms with E-state index in [-0.39, 0.29) is 17.0 Å². The van der Waals surface area contributed by atoms with Crippen molar-refractivity contribution in [3.05, 3.63) is 42.7 Å². The molecule has 3 heterocycles. The topological polar surface area (TPSA) is 121 Å². The van der Waals surface area contributed by atoms with Gasteiger partial charge in [0.25, 0.3) is 0 Å². The molecule has 1 aliphatic heterocycles. The number of imidazole rings is 1. The summed E-state index contributed by atoms with van der Waals surface area (Å²) in [7, 11) is -1.46. The lowest BCUT2D eigenvalue weighted by molar-refractivity contribution is -0.110. The van der Waals surface area contributed by atoms with E-state index in [0.29, 0.717) is 5.75 Å². The van der Waals surface area contributed by atoms with Gasteiger partial charge in [-0.05, 0) is 19.1 Å². The smallest absolute Gasteiger partial charge is 0.367 e. The second-order valence-corrected chi connectivity index (χ2v) is 8.07. The number of rotatable bonds is 7. The molecule has 0 bridgehead atoms. The average Bonchev–Trinajstić information content (AvgIpc) is 3.27. The Morgan fingerprint density at radius 1 is 1.35 bits per heavy atom. The van der Waals surface area contributed by atoms with Crippen molar-refractivity contribution >= 4 is 25.2 Å². The molecule has 2 N–H and O–H groups in total. The van der Waals surface area contributed by atoms with E-state index in [1.807, 2.05) is 0 Å². The standard InChI is InChI=1S/C18H20F2N5O5P/c1-18(8-28-31(27)30-10-6-4-3-5-7-10)13(26)11(19)16(29-18)25-9-22-12-14(21-2)23-17(20)24-15(12)25/h3-7,9,11,13,16,26,31H,8H2,1-2H3,(H,21,23,24)/t11-,13+,16-,18-/m1/s1. The zero-order valence-corrected chi connectivity index (χ0v) is 17.5. The molecule has 1 fully saturated rings. The molecule has 1 aromatic carbocycles. The van der Waals surface area contributed by atoms with Gasteiger partial charge >= 0.3 is 14.3 Å². The van der Waals surface area contributed by atoms with E-state index >= 15 is 0 Å². The fourth-order valence-electron chi connectivity index (χ4n) is 3.30. The number of nitrogens with zero attached hydrogens (tertiary/aromatic N) is 4. The van der Waals surface area contributed by atoms with E-state index in [0.717, 1.165) is 0 Å². The zero-order chi connectivity index (χ0) is 22.2. The molecular formula is C18H20F2N5O5P. The van der Waals surface area contributed by atoms with Crippen molar-refractivity contribution in [2.24, 2.45) is 0 Å². The van der Waals surface area contributed by atoms with E-state index < -0.39 is 45.0 Å². The highest BCUT2D eigenvalue weighted by molar-refractivity contribution is 7.33. The molecule has 0 aliphatic carbocycles. The largest absolute Gasteiger partial charge is 0.426 e. The van der Waals surface area contributed by atoms with Gasteiger partial charge in [-0.1, -0.05) is 18.2 Å². The maximum absolute atomic E-state index is 15.0. The number of aliphatic hydroxyl groups is 1. The van der Waals surface area contributed by atoms with Gasteiger partial charge < -0.3 is 19.7 Å². The van der Waals surface area contributed by atoms with Crippen LogP contribution in [0.5, 0.6) is 5.75 Å². The highest BCUT2D eigenvalue weighted by atomic mass is 31.1. The third-order valence-corrected chi connectivity index (χ3v) is 5.70. The minimum Gasteiger partial charge on any atom is -0.426 e. The van der Waals surface area contributed by atoms with Gasteiger partial charge in [0.15, 0.2) is 29.4 Å². The van der Waals surface area contributed by atoms with Crippen LogP contribution in [0.3, 0.4) is 0 Å². The molecule has 5 atom stereocenters. The molecule has 0 amide bonds. The first-order valence-electron chi connectivity index (χ1n) is 9.30. The van der Waals surface area contributed by atoms with E-state index in [1.165, 1.54) is 24.9 Å². The van der Waals surface area contributed by atoms with Gasteiger partial charge in [0.1, 0.15) is 17.5 Å². The van der Waals surface area contributed by atoms with Crippen LogP contribution in [0, 0.1) is 6.08 Å². The fraction of sp³-hybridized carbons (Fsp3) is 0.389. The van der Waals surface area contributed by atoms with Crippen LogP contribution in [-0.2, 0) is 13.8 Å². The van der Waals surface area contributed by atoms with Crippen LogP contribution in [-0.4, -0.2) is 56.2 Å². The monoisotopic (exact) mass is 455 g/mol. The molecule has 0 radical (unpaired) electrons. The number of benzene rings is 1. The highest BCUT2D eigenvalue weighted by Gasteiger charge is 2.54. The predicted octanol–water partition coefficient (Wildman–Crippen LogP) is 2.48. The molecule has 4 rings (SSSR count). The van der Waals surface area contributed by atoms with Crippen LogP contribution in [0.4, 0.5) is 14.6 Å². The van der Waals surface area contributed by atoms with Crippen molar-refractivity contribution in [1.82, 2.24) is 19.5 Å². The van der Waals surface area contributed by atoms with Gasteiger partial charge in [0.2, 0.25) is 0 Å². The van der Waals surface area contributed by atoms with E-state index in [4.69, 9.17) is 13.8 Å². The molecule has 3 aromatic rings. The zero-order valence-electron chi connectivity index (χ0n) is 16.5. The highest BCUT2D eigenvalue weighted by Crippen LogP contribution is 2.42. The Hall–Kier alpha value is -2.66. The quantitative estimate of drug-likeness (QED) is 0.409. The van der Waals surface area contributed by atoms with Crippen molar-refractivity contribution in [3.8, 4) is 5.75 Å². The lowest BCUT2D eigenvalue weighted by Gasteiger charge is -2.26. The molecule has 13 heteroatoms. The van der Waals surface area contributed by atoms with Crippen LogP contribution in [0.15, 0.2) is 36.7 Å². The van der Waals surface area contributed by atoms with Crippen molar-refractivity contribution in [3.63, 3.8) is 0 Å². The van der Waals surface area contributed by atoms with Crippen molar-refractivity contribution in [2.45, 2.75) is 31.0 Å². The first-order valence-corrected chi connectivity index (χ1v) is 10.5.